The second-order valence-electron chi connectivity index (χ2n) is 13.9. The van der Waals surface area contributed by atoms with Crippen LogP contribution < -0.4 is 4.74 Å². The molecular weight excluding hydrogens is 374 g/mol. The standard InChI is InChI=1S/C19H24NO.C5H5.Fe/c1-4-7-19(16-8-5-6-9-16)17-10-12-18(13-11-17)21-15-14-20(2)3;1-2-4-5-3-1;/h5-13H,4,14-15H2,1-3H3;1-5H;. The third kappa shape index (κ3) is 0.234. The second kappa shape index (κ2) is 1.54. The SMILES string of the molecule is CCC=C(c1ccc(OCCN(C)C)cc1)[C]12[CH]3[CH]4[CH]5[CH]1[Fe]45321678[CH]2[CH]1[CH]6[CH]7[CH]28. The van der Waals surface area contributed by atoms with Crippen LogP contribution >= 0.6 is 0 Å². The third-order valence-corrected chi connectivity index (χ3v) is 59.8. The predicted molar refractivity (Wildman–Crippen MR) is 105 cm³/mol. The Morgan fingerprint density at radius 1 is 1.00 bits per heavy atom. The van der Waals surface area contributed by atoms with E-state index >= 15 is 0 Å². The Kier molecular flexibility index (Phi) is 0.724. The summed E-state index contributed by atoms with van der Waals surface area (Å²) in [6.45, 7) is 1.04. The summed E-state index contributed by atoms with van der Waals surface area (Å²) in [7, 11) is 4.20. The molecule has 1 aromatic rings. The number of allylic oxidation sites excluding steroid dienone is 2. The summed E-state index contributed by atoms with van der Waals surface area (Å²) in [5, 5.41) is 0. The van der Waals surface area contributed by atoms with Crippen molar-refractivity contribution in [1.82, 2.24) is 4.90 Å². The van der Waals surface area contributed by atoms with E-state index in [4.69, 9.17) is 4.74 Å². The molecule has 4 atom stereocenters. The van der Waals surface area contributed by atoms with Crippen LogP contribution in [0.3, 0.4) is 0 Å². The van der Waals surface area contributed by atoms with Gasteiger partial charge in [-0.2, -0.15) is 0 Å². The van der Waals surface area contributed by atoms with Gasteiger partial charge in [0.05, 0.1) is 0 Å². The number of hydrogen-bond donors (Lipinski definition) is 0. The van der Waals surface area contributed by atoms with Crippen LogP contribution in [0.1, 0.15) is 18.9 Å². The number of rotatable bonds is 7. The van der Waals surface area contributed by atoms with Gasteiger partial charge in [-0.3, -0.25) is 0 Å². The normalized spacial score (nSPS) is 80.1. The summed E-state index contributed by atoms with van der Waals surface area (Å²) in [6, 6.07) is 9.33. The molecular formula is C24H29FeNO. The average Bonchev–Trinajstić information content (AvgIpc) is 3.60. The molecule has 3 heteroatoms. The van der Waals surface area contributed by atoms with Gasteiger partial charge in [0, 0.05) is 0 Å². The Labute approximate surface area is 151 Å². The molecule has 0 bridgehead atoms. The maximum atomic E-state index is 5.97. The van der Waals surface area contributed by atoms with Crippen molar-refractivity contribution in [3.8, 4) is 5.75 Å². The number of ether oxygens (including phenoxy) is 1. The molecule has 144 valence electrons. The Balaban J connectivity index is 1.05. The van der Waals surface area contributed by atoms with Crippen molar-refractivity contribution in [2.45, 2.75) is 61.0 Å². The monoisotopic (exact) mass is 403 g/mol. The van der Waals surface area contributed by atoms with Crippen LogP contribution in [0.15, 0.2) is 30.3 Å². The molecule has 10 fully saturated rings. The topological polar surface area (TPSA) is 12.5 Å². The van der Waals surface area contributed by atoms with E-state index in [1.54, 1.807) is 5.56 Å². The summed E-state index contributed by atoms with van der Waals surface area (Å²) in [6.07, 6.45) is 3.91. The van der Waals surface area contributed by atoms with Crippen molar-refractivity contribution in [3.05, 3.63) is 35.9 Å². The molecule has 10 heterocycles. The molecule has 10 saturated heterocycles. The first-order valence-electron chi connectivity index (χ1n) is 11.2. The molecule has 27 heavy (non-hydrogen) atoms. The van der Waals surface area contributed by atoms with Gasteiger partial charge in [0.25, 0.3) is 0 Å². The van der Waals surface area contributed by atoms with E-state index in [1.807, 2.05) is 5.57 Å². The summed E-state index contributed by atoms with van der Waals surface area (Å²) in [4.78, 5) is 14.7. The molecule has 11 rings (SSSR count). The third-order valence-electron chi connectivity index (χ3n) is 17.5. The molecule has 0 amide bonds. The van der Waals surface area contributed by atoms with Crippen LogP contribution in [0.25, 0.3) is 5.57 Å². The maximum absolute atomic E-state index is 5.97. The Bertz CT molecular complexity index is 1310. The fraction of sp³-hybridized carbons (Fsp3) is 0.667. The fourth-order valence-electron chi connectivity index (χ4n) is 18.7. The molecule has 0 aliphatic carbocycles. The van der Waals surface area contributed by atoms with Gasteiger partial charge in [-0.05, 0) is 0 Å². The molecule has 0 saturated carbocycles. The van der Waals surface area contributed by atoms with Crippen molar-refractivity contribution in [2.75, 3.05) is 27.2 Å². The van der Waals surface area contributed by atoms with Crippen molar-refractivity contribution < 1.29 is 11.2 Å². The number of fused-ring (bicyclic) bond motifs is 10. The zero-order valence-electron chi connectivity index (χ0n) is 16.4. The van der Waals surface area contributed by atoms with E-state index in [0.29, 0.717) is 0 Å². The van der Waals surface area contributed by atoms with Gasteiger partial charge in [0.1, 0.15) is 0 Å². The Morgan fingerprint density at radius 2 is 1.59 bits per heavy atom. The van der Waals surface area contributed by atoms with E-state index in [0.717, 1.165) is 23.2 Å². The van der Waals surface area contributed by atoms with Gasteiger partial charge < -0.3 is 0 Å². The van der Waals surface area contributed by atoms with Crippen molar-refractivity contribution in [3.63, 3.8) is 0 Å². The molecule has 0 N–H and O–H groups in total. The number of benzene rings is 1. The number of nitrogens with zero attached hydrogens (tertiary/aromatic N) is 1. The van der Waals surface area contributed by atoms with Gasteiger partial charge in [-0.15, -0.1) is 0 Å². The fourth-order valence-corrected chi connectivity index (χ4v) is 92.9. The van der Waals surface area contributed by atoms with E-state index in [-0.39, 0.29) is 0 Å². The molecule has 1 spiro atoms. The minimum atomic E-state index is -3.07. The quantitative estimate of drug-likeness (QED) is 0.504. The second-order valence-corrected chi connectivity index (χ2v) is 37.4. The predicted octanol–water partition coefficient (Wildman–Crippen LogP) is 6.18. The van der Waals surface area contributed by atoms with Crippen molar-refractivity contribution in [1.29, 1.82) is 0 Å². The first kappa shape index (κ1) is 12.7. The average molecular weight is 403 g/mol. The van der Waals surface area contributed by atoms with Crippen LogP contribution in [0.2, 0.25) is 47.7 Å². The summed E-state index contributed by atoms with van der Waals surface area (Å²) >= 11 is 0. The van der Waals surface area contributed by atoms with Crippen LogP contribution in [0.5, 0.6) is 5.75 Å². The molecule has 0 aromatic heterocycles. The first-order valence-corrected chi connectivity index (χ1v) is 17.5. The first-order chi connectivity index (χ1) is 12.9. The molecule has 2 nitrogen and oxygen atoms in total. The van der Waals surface area contributed by atoms with Gasteiger partial charge in [0.2, 0.25) is 0 Å². The molecule has 10 aliphatic rings. The van der Waals surface area contributed by atoms with Gasteiger partial charge in [0.15, 0.2) is 0 Å². The van der Waals surface area contributed by atoms with Gasteiger partial charge >= 0.3 is 152 Å². The van der Waals surface area contributed by atoms with Crippen LogP contribution in [0, 0.1) is 0 Å². The molecule has 1 aromatic carbocycles. The Morgan fingerprint density at radius 3 is 2.00 bits per heavy atom. The number of likely N-dealkylation sites (N-methyl/N-ethyl adjacent to an activating group) is 1. The number of hydrogen-bond acceptors (Lipinski definition) is 2. The van der Waals surface area contributed by atoms with Crippen molar-refractivity contribution >= 4 is 5.57 Å². The van der Waals surface area contributed by atoms with Gasteiger partial charge in [-0.1, -0.05) is 0 Å². The van der Waals surface area contributed by atoms with Crippen LogP contribution in [0.4, 0.5) is 0 Å². The van der Waals surface area contributed by atoms with E-state index in [2.05, 4.69) is 56.3 Å². The van der Waals surface area contributed by atoms with Crippen LogP contribution in [-0.2, 0) is 6.51 Å². The zero-order valence-corrected chi connectivity index (χ0v) is 17.5. The minimum absolute atomic E-state index is 0.775. The van der Waals surface area contributed by atoms with E-state index < -0.39 is 6.51 Å². The summed E-state index contributed by atoms with van der Waals surface area (Å²) < 4.78 is 6.83. The Hall–Kier alpha value is -0.761. The molecule has 10 aliphatic heterocycles. The zero-order chi connectivity index (χ0) is 17.7. The van der Waals surface area contributed by atoms with Gasteiger partial charge in [-0.25, -0.2) is 0 Å². The van der Waals surface area contributed by atoms with E-state index in [9.17, 15) is 0 Å². The van der Waals surface area contributed by atoms with Crippen LogP contribution in [-0.4, -0.2) is 32.1 Å². The molecule has 4 unspecified atom stereocenters. The summed E-state index contributed by atoms with van der Waals surface area (Å²) in [5.74, 6) is 1.04. The van der Waals surface area contributed by atoms with E-state index in [1.165, 1.54) is 49.8 Å². The summed E-state index contributed by atoms with van der Waals surface area (Å²) in [5.41, 5.74) is 3.46. The molecule has 0 radical (unpaired) electrons. The van der Waals surface area contributed by atoms with Crippen molar-refractivity contribution in [2.24, 2.45) is 0 Å².